The van der Waals surface area contributed by atoms with Crippen molar-refractivity contribution in [3.05, 3.63) is 33.8 Å². The predicted molar refractivity (Wildman–Crippen MR) is 59.1 cm³/mol. The lowest BCUT2D eigenvalue weighted by molar-refractivity contribution is 0.762. The molecule has 1 nitrogen and oxygen atoms in total. The van der Waals surface area contributed by atoms with Gasteiger partial charge in [-0.2, -0.15) is 0 Å². The fraction of sp³-hybridized carbons (Fsp3) is 0.455. The molecule has 0 aliphatic carbocycles. The average molecular weight is 240 g/mol. The predicted octanol–water partition coefficient (Wildman–Crippen LogP) is 2.83. The van der Waals surface area contributed by atoms with E-state index in [2.05, 4.69) is 46.4 Å². The first kappa shape index (κ1) is 9.22. The molecule has 70 valence electrons. The van der Waals surface area contributed by atoms with Crippen molar-refractivity contribution < 1.29 is 0 Å². The molecule has 1 saturated heterocycles. The van der Waals surface area contributed by atoms with E-state index >= 15 is 0 Å². The summed E-state index contributed by atoms with van der Waals surface area (Å²) < 4.78 is 1.20. The molecule has 1 aromatic carbocycles. The normalized spacial score (nSPS) is 22.2. The number of aryl methyl sites for hydroxylation is 1. The van der Waals surface area contributed by atoms with Gasteiger partial charge in [-0.1, -0.05) is 22.0 Å². The molecule has 1 aromatic rings. The number of hydrogen-bond donors (Lipinski definition) is 1. The molecule has 0 amide bonds. The zero-order chi connectivity index (χ0) is 9.26. The van der Waals surface area contributed by atoms with Gasteiger partial charge in [-0.25, -0.2) is 0 Å². The molecule has 2 heteroatoms. The van der Waals surface area contributed by atoms with Crippen molar-refractivity contribution in [3.8, 4) is 0 Å². The Morgan fingerprint density at radius 1 is 1.38 bits per heavy atom. The van der Waals surface area contributed by atoms with Crippen LogP contribution in [0.3, 0.4) is 0 Å². The van der Waals surface area contributed by atoms with Gasteiger partial charge in [-0.05, 0) is 49.1 Å². The summed E-state index contributed by atoms with van der Waals surface area (Å²) in [7, 11) is 0. The van der Waals surface area contributed by atoms with E-state index < -0.39 is 0 Å². The lowest BCUT2D eigenvalue weighted by atomic mass is 9.97. The van der Waals surface area contributed by atoms with Crippen molar-refractivity contribution in [2.45, 2.75) is 19.3 Å². The van der Waals surface area contributed by atoms with E-state index in [0.29, 0.717) is 0 Å². The number of benzene rings is 1. The van der Waals surface area contributed by atoms with E-state index in [4.69, 9.17) is 0 Å². The fourth-order valence-electron chi connectivity index (χ4n) is 1.94. The first-order valence-electron chi connectivity index (χ1n) is 4.73. The molecule has 1 aliphatic rings. The number of hydrogen-bond acceptors (Lipinski definition) is 1. The molecule has 2 rings (SSSR count). The fourth-order valence-corrected chi connectivity index (χ4v) is 2.56. The van der Waals surface area contributed by atoms with Crippen molar-refractivity contribution >= 4 is 15.9 Å². The van der Waals surface area contributed by atoms with Crippen molar-refractivity contribution in [1.82, 2.24) is 5.32 Å². The summed E-state index contributed by atoms with van der Waals surface area (Å²) in [6, 6.07) is 6.69. The molecular weight excluding hydrogens is 226 g/mol. The minimum Gasteiger partial charge on any atom is -0.316 e. The molecule has 1 atom stereocenters. The number of rotatable bonds is 1. The second-order valence-electron chi connectivity index (χ2n) is 3.75. The van der Waals surface area contributed by atoms with Gasteiger partial charge in [0.1, 0.15) is 0 Å². The highest BCUT2D eigenvalue weighted by atomic mass is 79.9. The molecule has 13 heavy (non-hydrogen) atoms. The SMILES string of the molecule is Cc1cc(Br)cc(C2CCNC2)c1. The van der Waals surface area contributed by atoms with Crippen LogP contribution < -0.4 is 5.32 Å². The Labute approximate surface area is 87.7 Å². The maximum Gasteiger partial charge on any atom is 0.0180 e. The summed E-state index contributed by atoms with van der Waals surface area (Å²) in [5.74, 6) is 0.719. The molecule has 1 aliphatic heterocycles. The van der Waals surface area contributed by atoms with Crippen LogP contribution in [-0.2, 0) is 0 Å². The zero-order valence-corrected chi connectivity index (χ0v) is 9.39. The minimum atomic E-state index is 0.719. The van der Waals surface area contributed by atoms with Crippen LogP contribution in [0.25, 0.3) is 0 Å². The lowest BCUT2D eigenvalue weighted by Gasteiger charge is -2.10. The van der Waals surface area contributed by atoms with Crippen LogP contribution in [0.2, 0.25) is 0 Å². The van der Waals surface area contributed by atoms with Crippen LogP contribution in [-0.4, -0.2) is 13.1 Å². The maximum atomic E-state index is 3.54. The van der Waals surface area contributed by atoms with Crippen molar-refractivity contribution in [2.24, 2.45) is 0 Å². The highest BCUT2D eigenvalue weighted by molar-refractivity contribution is 9.10. The molecule has 0 radical (unpaired) electrons. The summed E-state index contributed by atoms with van der Waals surface area (Å²) in [4.78, 5) is 0. The van der Waals surface area contributed by atoms with Crippen molar-refractivity contribution in [3.63, 3.8) is 0 Å². The first-order chi connectivity index (χ1) is 6.25. The summed E-state index contributed by atoms with van der Waals surface area (Å²) >= 11 is 3.54. The van der Waals surface area contributed by atoms with Gasteiger partial charge in [0, 0.05) is 11.0 Å². The highest BCUT2D eigenvalue weighted by Crippen LogP contribution is 2.26. The topological polar surface area (TPSA) is 12.0 Å². The molecule has 1 unspecified atom stereocenters. The molecule has 0 bridgehead atoms. The molecular formula is C11H14BrN. The molecule has 0 aromatic heterocycles. The van der Waals surface area contributed by atoms with Gasteiger partial charge < -0.3 is 5.32 Å². The molecule has 1 N–H and O–H groups in total. The van der Waals surface area contributed by atoms with Crippen LogP contribution in [0.1, 0.15) is 23.5 Å². The summed E-state index contributed by atoms with van der Waals surface area (Å²) in [6.45, 7) is 4.45. The maximum absolute atomic E-state index is 3.54. The third-order valence-corrected chi connectivity index (χ3v) is 3.05. The highest BCUT2D eigenvalue weighted by Gasteiger charge is 2.16. The largest absolute Gasteiger partial charge is 0.316 e. The second kappa shape index (κ2) is 3.81. The van der Waals surface area contributed by atoms with E-state index in [1.54, 1.807) is 0 Å². The molecule has 1 fully saturated rings. The van der Waals surface area contributed by atoms with Crippen molar-refractivity contribution in [2.75, 3.05) is 13.1 Å². The van der Waals surface area contributed by atoms with Gasteiger partial charge in [0.2, 0.25) is 0 Å². The van der Waals surface area contributed by atoms with Crippen LogP contribution in [0.15, 0.2) is 22.7 Å². The van der Waals surface area contributed by atoms with E-state index in [1.165, 1.54) is 22.0 Å². The summed E-state index contributed by atoms with van der Waals surface area (Å²) in [5.41, 5.74) is 2.81. The lowest BCUT2D eigenvalue weighted by Crippen LogP contribution is -2.08. The Bertz CT molecular complexity index is 283. The van der Waals surface area contributed by atoms with E-state index in [-0.39, 0.29) is 0 Å². The van der Waals surface area contributed by atoms with Gasteiger partial charge in [-0.3, -0.25) is 0 Å². The van der Waals surface area contributed by atoms with Crippen LogP contribution in [0.4, 0.5) is 0 Å². The van der Waals surface area contributed by atoms with E-state index in [1.807, 2.05) is 0 Å². The third kappa shape index (κ3) is 2.12. The Morgan fingerprint density at radius 3 is 2.85 bits per heavy atom. The molecule has 1 heterocycles. The molecule has 0 saturated carbocycles. The van der Waals surface area contributed by atoms with Crippen LogP contribution >= 0.6 is 15.9 Å². The smallest absolute Gasteiger partial charge is 0.0180 e. The Hall–Kier alpha value is -0.340. The van der Waals surface area contributed by atoms with Crippen molar-refractivity contribution in [1.29, 1.82) is 0 Å². The Balaban J connectivity index is 2.28. The van der Waals surface area contributed by atoms with Gasteiger partial charge in [0.25, 0.3) is 0 Å². The van der Waals surface area contributed by atoms with Gasteiger partial charge in [0.15, 0.2) is 0 Å². The quantitative estimate of drug-likeness (QED) is 0.795. The minimum absolute atomic E-state index is 0.719. The monoisotopic (exact) mass is 239 g/mol. The third-order valence-electron chi connectivity index (χ3n) is 2.60. The van der Waals surface area contributed by atoms with Crippen LogP contribution in [0.5, 0.6) is 0 Å². The molecule has 0 spiro atoms. The van der Waals surface area contributed by atoms with E-state index in [9.17, 15) is 0 Å². The summed E-state index contributed by atoms with van der Waals surface area (Å²) in [6.07, 6.45) is 1.27. The van der Waals surface area contributed by atoms with Gasteiger partial charge in [0.05, 0.1) is 0 Å². The van der Waals surface area contributed by atoms with E-state index in [0.717, 1.165) is 19.0 Å². The second-order valence-corrected chi connectivity index (χ2v) is 4.67. The Kier molecular flexibility index (Phi) is 2.70. The summed E-state index contributed by atoms with van der Waals surface area (Å²) in [5, 5.41) is 3.39. The Morgan fingerprint density at radius 2 is 2.23 bits per heavy atom. The van der Waals surface area contributed by atoms with Crippen LogP contribution in [0, 0.1) is 6.92 Å². The standard InChI is InChI=1S/C11H14BrN/c1-8-4-10(6-11(12)5-8)9-2-3-13-7-9/h4-6,9,13H,2-3,7H2,1H3. The first-order valence-corrected chi connectivity index (χ1v) is 5.53. The van der Waals surface area contributed by atoms with Gasteiger partial charge >= 0.3 is 0 Å². The number of nitrogens with one attached hydrogen (secondary N) is 1. The average Bonchev–Trinajstić information content (AvgIpc) is 2.53. The van der Waals surface area contributed by atoms with Gasteiger partial charge in [-0.15, -0.1) is 0 Å². The number of halogens is 1. The zero-order valence-electron chi connectivity index (χ0n) is 7.81.